The van der Waals surface area contributed by atoms with Crippen LogP contribution in [0.1, 0.15) is 35.6 Å². The van der Waals surface area contributed by atoms with Crippen LogP contribution in [0.2, 0.25) is 0 Å². The van der Waals surface area contributed by atoms with Crippen LogP contribution in [0.25, 0.3) is 0 Å². The SMILES string of the molecule is COc1ccc(Cc2cc3c(cc2Br)CO[C@]32C[C@H](C)[C@@H](O)[C@H](O)[C@H]2O)cc1. The van der Waals surface area contributed by atoms with Gasteiger partial charge in [0.15, 0.2) is 0 Å². The summed E-state index contributed by atoms with van der Waals surface area (Å²) < 4.78 is 12.3. The second kappa shape index (κ2) is 7.43. The maximum Gasteiger partial charge on any atom is 0.123 e. The molecule has 2 aromatic carbocycles. The van der Waals surface area contributed by atoms with Gasteiger partial charge >= 0.3 is 0 Å². The number of ether oxygens (including phenoxy) is 2. The zero-order chi connectivity index (χ0) is 20.1. The van der Waals surface area contributed by atoms with E-state index in [9.17, 15) is 15.3 Å². The van der Waals surface area contributed by atoms with Crippen LogP contribution in [0.15, 0.2) is 40.9 Å². The molecule has 3 N–H and O–H groups in total. The molecule has 2 aromatic rings. The predicted octanol–water partition coefficient (Wildman–Crippen LogP) is 2.90. The van der Waals surface area contributed by atoms with Crippen molar-refractivity contribution in [2.75, 3.05) is 7.11 Å². The molecule has 1 saturated carbocycles. The summed E-state index contributed by atoms with van der Waals surface area (Å²) in [4.78, 5) is 0. The van der Waals surface area contributed by atoms with Crippen LogP contribution in [0.3, 0.4) is 0 Å². The van der Waals surface area contributed by atoms with Crippen LogP contribution in [0.4, 0.5) is 0 Å². The van der Waals surface area contributed by atoms with Crippen molar-refractivity contribution in [3.05, 3.63) is 63.1 Å². The Morgan fingerprint density at radius 3 is 2.54 bits per heavy atom. The van der Waals surface area contributed by atoms with E-state index in [0.29, 0.717) is 19.4 Å². The summed E-state index contributed by atoms with van der Waals surface area (Å²) in [5, 5.41) is 31.3. The molecule has 5 atom stereocenters. The van der Waals surface area contributed by atoms with E-state index in [4.69, 9.17) is 9.47 Å². The Hall–Kier alpha value is -1.44. The van der Waals surface area contributed by atoms with Gasteiger partial charge in [0.05, 0.1) is 19.8 Å². The van der Waals surface area contributed by atoms with Crippen molar-refractivity contribution in [2.45, 2.75) is 50.3 Å². The highest BCUT2D eigenvalue weighted by Gasteiger charge is 2.55. The number of hydrogen-bond acceptors (Lipinski definition) is 5. The first-order chi connectivity index (χ1) is 13.4. The van der Waals surface area contributed by atoms with Crippen molar-refractivity contribution < 1.29 is 24.8 Å². The monoisotopic (exact) mass is 448 g/mol. The fourth-order valence-corrected chi connectivity index (χ4v) is 5.02. The van der Waals surface area contributed by atoms with E-state index in [1.165, 1.54) is 0 Å². The van der Waals surface area contributed by atoms with E-state index in [2.05, 4.69) is 22.0 Å². The van der Waals surface area contributed by atoms with Gasteiger partial charge in [0.25, 0.3) is 0 Å². The summed E-state index contributed by atoms with van der Waals surface area (Å²) in [6.45, 7) is 2.25. The zero-order valence-electron chi connectivity index (χ0n) is 15.9. The third kappa shape index (κ3) is 3.17. The fourth-order valence-electron chi connectivity index (χ4n) is 4.49. The Morgan fingerprint density at radius 2 is 1.86 bits per heavy atom. The molecular formula is C22H25BrO5. The lowest BCUT2D eigenvalue weighted by molar-refractivity contribution is -0.222. The first-order valence-corrected chi connectivity index (χ1v) is 10.3. The Bertz CT molecular complexity index is 868. The maximum absolute atomic E-state index is 10.8. The molecule has 6 heteroatoms. The van der Waals surface area contributed by atoms with Crippen molar-refractivity contribution in [2.24, 2.45) is 5.92 Å². The number of aliphatic hydroxyl groups excluding tert-OH is 3. The Labute approximate surface area is 173 Å². The van der Waals surface area contributed by atoms with Crippen LogP contribution in [-0.4, -0.2) is 40.7 Å². The highest BCUT2D eigenvalue weighted by atomic mass is 79.9. The summed E-state index contributed by atoms with van der Waals surface area (Å²) in [6, 6.07) is 12.0. The van der Waals surface area contributed by atoms with Crippen molar-refractivity contribution in [3.8, 4) is 5.75 Å². The maximum atomic E-state index is 10.8. The molecule has 1 heterocycles. The van der Waals surface area contributed by atoms with Crippen molar-refractivity contribution in [1.82, 2.24) is 0 Å². The minimum Gasteiger partial charge on any atom is -0.497 e. The Balaban J connectivity index is 1.70. The van der Waals surface area contributed by atoms with Gasteiger partial charge in [-0.05, 0) is 59.2 Å². The number of rotatable bonds is 3. The van der Waals surface area contributed by atoms with E-state index in [1.807, 2.05) is 37.3 Å². The molecule has 1 aliphatic heterocycles. The van der Waals surface area contributed by atoms with Gasteiger partial charge in [-0.2, -0.15) is 0 Å². The minimum absolute atomic E-state index is 0.182. The molecule has 0 saturated heterocycles. The van der Waals surface area contributed by atoms with E-state index in [0.717, 1.165) is 32.5 Å². The third-order valence-corrected chi connectivity index (χ3v) is 6.86. The summed E-state index contributed by atoms with van der Waals surface area (Å²) in [7, 11) is 1.65. The standard InChI is InChI=1S/C22H25BrO5/c1-12-10-22(21(26)20(25)19(12)24)17-8-14(18(23)9-15(17)11-28-22)7-13-3-5-16(27-2)6-4-13/h3-6,8-9,12,19-21,24-26H,7,10-11H2,1-2H3/t12-,19+,20-,21+,22+/m0/s1. The number of aliphatic hydroxyl groups is 3. The molecule has 2 aliphatic rings. The molecule has 1 spiro atoms. The van der Waals surface area contributed by atoms with Crippen LogP contribution in [0.5, 0.6) is 5.75 Å². The molecule has 0 aromatic heterocycles. The van der Waals surface area contributed by atoms with Gasteiger partial charge in [-0.3, -0.25) is 0 Å². The quantitative estimate of drug-likeness (QED) is 0.672. The molecular weight excluding hydrogens is 424 g/mol. The van der Waals surface area contributed by atoms with Gasteiger partial charge in [-0.1, -0.05) is 41.1 Å². The average Bonchev–Trinajstić information content (AvgIpc) is 3.04. The number of fused-ring (bicyclic) bond motifs is 2. The van der Waals surface area contributed by atoms with Gasteiger partial charge in [-0.15, -0.1) is 0 Å². The zero-order valence-corrected chi connectivity index (χ0v) is 17.5. The molecule has 4 rings (SSSR count). The van der Waals surface area contributed by atoms with Crippen LogP contribution in [-0.2, 0) is 23.4 Å². The van der Waals surface area contributed by atoms with Crippen LogP contribution >= 0.6 is 15.9 Å². The lowest BCUT2D eigenvalue weighted by Gasteiger charge is -2.46. The molecule has 1 aliphatic carbocycles. The largest absolute Gasteiger partial charge is 0.497 e. The number of hydrogen-bond donors (Lipinski definition) is 3. The molecule has 28 heavy (non-hydrogen) atoms. The topological polar surface area (TPSA) is 79.2 Å². The summed E-state index contributed by atoms with van der Waals surface area (Å²) >= 11 is 3.66. The Morgan fingerprint density at radius 1 is 1.14 bits per heavy atom. The molecule has 0 radical (unpaired) electrons. The number of benzene rings is 2. The van der Waals surface area contributed by atoms with Crippen LogP contribution in [0, 0.1) is 5.92 Å². The summed E-state index contributed by atoms with van der Waals surface area (Å²) in [6.07, 6.45) is -2.19. The molecule has 0 bridgehead atoms. The molecule has 0 unspecified atom stereocenters. The summed E-state index contributed by atoms with van der Waals surface area (Å²) in [5.41, 5.74) is 3.14. The first kappa shape index (κ1) is 19.9. The molecule has 5 nitrogen and oxygen atoms in total. The Kier molecular flexibility index (Phi) is 5.27. The second-order valence-electron chi connectivity index (χ2n) is 7.91. The normalized spacial score (nSPS) is 31.8. The van der Waals surface area contributed by atoms with E-state index >= 15 is 0 Å². The second-order valence-corrected chi connectivity index (χ2v) is 8.77. The van der Waals surface area contributed by atoms with Crippen molar-refractivity contribution in [1.29, 1.82) is 0 Å². The lowest BCUT2D eigenvalue weighted by atomic mass is 9.70. The van der Waals surface area contributed by atoms with E-state index in [1.54, 1.807) is 7.11 Å². The van der Waals surface area contributed by atoms with Crippen molar-refractivity contribution >= 4 is 15.9 Å². The van der Waals surface area contributed by atoms with E-state index < -0.39 is 23.9 Å². The smallest absolute Gasteiger partial charge is 0.123 e. The van der Waals surface area contributed by atoms with Gasteiger partial charge in [0, 0.05) is 4.47 Å². The van der Waals surface area contributed by atoms with Crippen LogP contribution < -0.4 is 4.74 Å². The highest BCUT2D eigenvalue weighted by molar-refractivity contribution is 9.10. The fraction of sp³-hybridized carbons (Fsp3) is 0.455. The van der Waals surface area contributed by atoms with E-state index in [-0.39, 0.29) is 5.92 Å². The highest BCUT2D eigenvalue weighted by Crippen LogP contribution is 2.49. The average molecular weight is 449 g/mol. The van der Waals surface area contributed by atoms with Gasteiger partial charge in [0.1, 0.15) is 23.6 Å². The minimum atomic E-state index is -1.23. The summed E-state index contributed by atoms with van der Waals surface area (Å²) in [5.74, 6) is 0.633. The lowest BCUT2D eigenvalue weighted by Crippen LogP contribution is -2.58. The first-order valence-electron chi connectivity index (χ1n) is 9.48. The van der Waals surface area contributed by atoms with Gasteiger partial charge in [0.2, 0.25) is 0 Å². The molecule has 1 fully saturated rings. The van der Waals surface area contributed by atoms with Crippen molar-refractivity contribution in [3.63, 3.8) is 0 Å². The van der Waals surface area contributed by atoms with Gasteiger partial charge in [-0.25, -0.2) is 0 Å². The molecule has 0 amide bonds. The van der Waals surface area contributed by atoms with Gasteiger partial charge < -0.3 is 24.8 Å². The third-order valence-electron chi connectivity index (χ3n) is 6.13. The number of halogens is 1. The predicted molar refractivity (Wildman–Crippen MR) is 108 cm³/mol. The molecule has 150 valence electrons. The number of methoxy groups -OCH3 is 1.